The summed E-state index contributed by atoms with van der Waals surface area (Å²) in [5.41, 5.74) is 3.06. The first-order chi connectivity index (χ1) is 12.7. The highest BCUT2D eigenvalue weighted by molar-refractivity contribution is 7.15. The zero-order valence-electron chi connectivity index (χ0n) is 13.8. The quantitative estimate of drug-likeness (QED) is 0.508. The van der Waals surface area contributed by atoms with Crippen LogP contribution in [0.3, 0.4) is 0 Å². The average molecular weight is 382 g/mol. The van der Waals surface area contributed by atoms with Gasteiger partial charge >= 0.3 is 0 Å². The Labute approximate surface area is 159 Å². The Bertz CT molecular complexity index is 1070. The van der Waals surface area contributed by atoms with Gasteiger partial charge in [0.25, 0.3) is 0 Å². The van der Waals surface area contributed by atoms with Crippen LogP contribution in [0.15, 0.2) is 60.9 Å². The standard InChI is InChI=1S/C20H16ClN3OS/c21-17-7-3-1-5-13(17)9-15-12-23-20(26-15)24-19(25)10-14-11-22-18-8-4-2-6-16(14)18/h1-8,11-12,22H,9-10H2,(H,23,24,25). The molecular formula is C20H16ClN3OS. The third kappa shape index (κ3) is 3.64. The van der Waals surface area contributed by atoms with Crippen molar-refractivity contribution in [2.45, 2.75) is 12.8 Å². The molecule has 130 valence electrons. The average Bonchev–Trinajstić information content (AvgIpc) is 3.24. The fourth-order valence-corrected chi connectivity index (χ4v) is 3.95. The van der Waals surface area contributed by atoms with E-state index in [4.69, 9.17) is 11.6 Å². The molecule has 2 N–H and O–H groups in total. The first kappa shape index (κ1) is 16.8. The number of nitrogens with one attached hydrogen (secondary N) is 2. The van der Waals surface area contributed by atoms with Crippen LogP contribution < -0.4 is 5.32 Å². The maximum atomic E-state index is 12.4. The summed E-state index contributed by atoms with van der Waals surface area (Å²) in [6.07, 6.45) is 4.68. The Hall–Kier alpha value is -2.63. The molecule has 0 unspecified atom stereocenters. The summed E-state index contributed by atoms with van der Waals surface area (Å²) in [7, 11) is 0. The van der Waals surface area contributed by atoms with Crippen LogP contribution in [0.5, 0.6) is 0 Å². The number of fused-ring (bicyclic) bond motifs is 1. The van der Waals surface area contributed by atoms with E-state index in [1.807, 2.05) is 54.7 Å². The smallest absolute Gasteiger partial charge is 0.230 e. The van der Waals surface area contributed by atoms with Crippen LogP contribution in [0.25, 0.3) is 10.9 Å². The molecule has 4 aromatic rings. The lowest BCUT2D eigenvalue weighted by Gasteiger charge is -2.02. The number of halogens is 1. The minimum Gasteiger partial charge on any atom is -0.361 e. The van der Waals surface area contributed by atoms with Crippen LogP contribution in [0, 0.1) is 0 Å². The van der Waals surface area contributed by atoms with Crippen molar-refractivity contribution in [1.29, 1.82) is 0 Å². The molecule has 1 amide bonds. The van der Waals surface area contributed by atoms with Gasteiger partial charge in [-0.1, -0.05) is 48.0 Å². The maximum absolute atomic E-state index is 12.4. The Morgan fingerprint density at radius 1 is 1.12 bits per heavy atom. The number of anilines is 1. The van der Waals surface area contributed by atoms with Gasteiger partial charge in [-0.2, -0.15) is 0 Å². The molecule has 0 spiro atoms. The predicted molar refractivity (Wildman–Crippen MR) is 107 cm³/mol. The third-order valence-corrected chi connectivity index (χ3v) is 5.43. The second-order valence-electron chi connectivity index (χ2n) is 5.98. The maximum Gasteiger partial charge on any atom is 0.230 e. The van der Waals surface area contributed by atoms with E-state index in [0.29, 0.717) is 18.0 Å². The predicted octanol–water partition coefficient (Wildman–Crippen LogP) is 5.05. The normalized spacial score (nSPS) is 11.0. The van der Waals surface area contributed by atoms with Gasteiger partial charge in [-0.3, -0.25) is 4.79 Å². The topological polar surface area (TPSA) is 57.8 Å². The van der Waals surface area contributed by atoms with Crippen molar-refractivity contribution < 1.29 is 4.79 Å². The number of rotatable bonds is 5. The number of carbonyl (C=O) groups excluding carboxylic acids is 1. The number of para-hydroxylation sites is 1. The molecule has 0 saturated carbocycles. The van der Waals surface area contributed by atoms with Crippen LogP contribution in [-0.4, -0.2) is 15.9 Å². The minimum atomic E-state index is -0.0756. The molecular weight excluding hydrogens is 366 g/mol. The number of H-pyrrole nitrogens is 1. The molecule has 6 heteroatoms. The van der Waals surface area contributed by atoms with E-state index in [-0.39, 0.29) is 5.91 Å². The lowest BCUT2D eigenvalue weighted by atomic mass is 10.1. The van der Waals surface area contributed by atoms with Gasteiger partial charge in [0.15, 0.2) is 5.13 Å². The van der Waals surface area contributed by atoms with Gasteiger partial charge in [0.05, 0.1) is 6.42 Å². The summed E-state index contributed by atoms with van der Waals surface area (Å²) >= 11 is 7.68. The summed E-state index contributed by atoms with van der Waals surface area (Å²) in [6.45, 7) is 0. The van der Waals surface area contributed by atoms with E-state index >= 15 is 0 Å². The molecule has 0 radical (unpaired) electrons. The van der Waals surface area contributed by atoms with E-state index in [1.54, 1.807) is 6.20 Å². The first-order valence-corrected chi connectivity index (χ1v) is 9.41. The molecule has 2 aromatic heterocycles. The fraction of sp³-hybridized carbons (Fsp3) is 0.100. The van der Waals surface area contributed by atoms with Gasteiger partial charge in [-0.15, -0.1) is 11.3 Å². The summed E-state index contributed by atoms with van der Waals surface area (Å²) in [5, 5.41) is 5.31. The van der Waals surface area contributed by atoms with Crippen molar-refractivity contribution in [2.24, 2.45) is 0 Å². The van der Waals surface area contributed by atoms with Gasteiger partial charge in [-0.25, -0.2) is 4.98 Å². The highest BCUT2D eigenvalue weighted by Gasteiger charge is 2.11. The summed E-state index contributed by atoms with van der Waals surface area (Å²) in [5.74, 6) is -0.0756. The van der Waals surface area contributed by atoms with Gasteiger partial charge in [0, 0.05) is 39.6 Å². The highest BCUT2D eigenvalue weighted by Crippen LogP contribution is 2.25. The third-order valence-electron chi connectivity index (χ3n) is 4.15. The fourth-order valence-electron chi connectivity index (χ4n) is 2.89. The van der Waals surface area contributed by atoms with E-state index in [9.17, 15) is 4.79 Å². The van der Waals surface area contributed by atoms with Crippen molar-refractivity contribution in [1.82, 2.24) is 9.97 Å². The SMILES string of the molecule is O=C(Cc1c[nH]c2ccccc12)Nc1ncc(Cc2ccccc2Cl)s1. The van der Waals surface area contributed by atoms with Gasteiger partial charge in [0.1, 0.15) is 0 Å². The van der Waals surface area contributed by atoms with Crippen LogP contribution in [0.4, 0.5) is 5.13 Å². The second-order valence-corrected chi connectivity index (χ2v) is 7.51. The molecule has 2 aromatic carbocycles. The summed E-state index contributed by atoms with van der Waals surface area (Å²) in [6, 6.07) is 15.7. The number of amides is 1. The second kappa shape index (κ2) is 7.32. The lowest BCUT2D eigenvalue weighted by Crippen LogP contribution is -2.13. The largest absolute Gasteiger partial charge is 0.361 e. The van der Waals surface area contributed by atoms with Crippen LogP contribution in [0.2, 0.25) is 5.02 Å². The molecule has 0 aliphatic carbocycles. The van der Waals surface area contributed by atoms with Crippen LogP contribution >= 0.6 is 22.9 Å². The summed E-state index contributed by atoms with van der Waals surface area (Å²) in [4.78, 5) is 20.9. The van der Waals surface area contributed by atoms with Crippen LogP contribution in [-0.2, 0) is 17.6 Å². The van der Waals surface area contributed by atoms with Crippen molar-refractivity contribution >= 4 is 44.9 Å². The van der Waals surface area contributed by atoms with Gasteiger partial charge < -0.3 is 10.3 Å². The number of hydrogen-bond donors (Lipinski definition) is 2. The zero-order chi connectivity index (χ0) is 17.9. The Morgan fingerprint density at radius 3 is 2.81 bits per heavy atom. The number of aromatic amines is 1. The molecule has 4 rings (SSSR count). The molecule has 0 atom stereocenters. The molecule has 4 nitrogen and oxygen atoms in total. The van der Waals surface area contributed by atoms with E-state index in [2.05, 4.69) is 15.3 Å². The number of thiazole rings is 1. The Kier molecular flexibility index (Phi) is 4.73. The van der Waals surface area contributed by atoms with Gasteiger partial charge in [0.2, 0.25) is 5.91 Å². The van der Waals surface area contributed by atoms with E-state index in [0.717, 1.165) is 31.9 Å². The van der Waals surface area contributed by atoms with Crippen molar-refractivity contribution in [2.75, 3.05) is 5.32 Å². The summed E-state index contributed by atoms with van der Waals surface area (Å²) < 4.78 is 0. The molecule has 0 fully saturated rings. The monoisotopic (exact) mass is 381 g/mol. The molecule has 2 heterocycles. The van der Waals surface area contributed by atoms with E-state index < -0.39 is 0 Å². The van der Waals surface area contributed by atoms with Crippen molar-refractivity contribution in [3.05, 3.63) is 82.0 Å². The van der Waals surface area contributed by atoms with Crippen LogP contribution in [0.1, 0.15) is 16.0 Å². The Morgan fingerprint density at radius 2 is 1.92 bits per heavy atom. The number of nitrogens with zero attached hydrogens (tertiary/aromatic N) is 1. The van der Waals surface area contributed by atoms with E-state index in [1.165, 1.54) is 11.3 Å². The molecule has 0 saturated heterocycles. The molecule has 0 bridgehead atoms. The highest BCUT2D eigenvalue weighted by atomic mass is 35.5. The van der Waals surface area contributed by atoms with Crippen molar-refractivity contribution in [3.8, 4) is 0 Å². The Balaban J connectivity index is 1.42. The minimum absolute atomic E-state index is 0.0756. The lowest BCUT2D eigenvalue weighted by molar-refractivity contribution is -0.115. The van der Waals surface area contributed by atoms with Crippen molar-refractivity contribution in [3.63, 3.8) is 0 Å². The number of benzene rings is 2. The number of carbonyl (C=O) groups is 1. The molecule has 26 heavy (non-hydrogen) atoms. The molecule has 0 aliphatic heterocycles. The van der Waals surface area contributed by atoms with Gasteiger partial charge in [-0.05, 0) is 23.3 Å². The first-order valence-electron chi connectivity index (χ1n) is 8.22. The number of aromatic nitrogens is 2. The zero-order valence-corrected chi connectivity index (χ0v) is 15.4. The number of hydrogen-bond acceptors (Lipinski definition) is 3. The molecule has 0 aliphatic rings.